The molecule has 2 aromatic rings. The van der Waals surface area contributed by atoms with Crippen molar-refractivity contribution in [1.29, 1.82) is 0 Å². The molecule has 0 bridgehead atoms. The zero-order chi connectivity index (χ0) is 14.7. The van der Waals surface area contributed by atoms with Gasteiger partial charge in [-0.2, -0.15) is 4.31 Å². The maximum Gasteiger partial charge on any atom is 0.252 e. The van der Waals surface area contributed by atoms with Crippen molar-refractivity contribution < 1.29 is 8.42 Å². The van der Waals surface area contributed by atoms with Crippen LogP contribution in [0.3, 0.4) is 0 Å². The molecule has 1 saturated heterocycles. The predicted octanol–water partition coefficient (Wildman–Crippen LogP) is 3.82. The van der Waals surface area contributed by atoms with Crippen molar-refractivity contribution in [3.63, 3.8) is 0 Å². The number of sulfonamides is 1. The molecule has 1 aromatic carbocycles. The summed E-state index contributed by atoms with van der Waals surface area (Å²) in [5.74, 6) is 0.866. The number of thiophene rings is 1. The van der Waals surface area contributed by atoms with E-state index in [0.717, 1.165) is 22.8 Å². The van der Waals surface area contributed by atoms with Crippen LogP contribution in [-0.4, -0.2) is 25.8 Å². The lowest BCUT2D eigenvalue weighted by Gasteiger charge is -2.13. The molecule has 0 atom stereocenters. The Kier molecular flexibility index (Phi) is 4.69. The van der Waals surface area contributed by atoms with Gasteiger partial charge in [0.1, 0.15) is 4.21 Å². The molecule has 6 heteroatoms. The quantitative estimate of drug-likeness (QED) is 0.777. The van der Waals surface area contributed by atoms with Crippen LogP contribution >= 0.6 is 23.1 Å². The lowest BCUT2D eigenvalue weighted by Crippen LogP contribution is -2.27. The molecule has 21 heavy (non-hydrogen) atoms. The van der Waals surface area contributed by atoms with E-state index in [2.05, 4.69) is 12.1 Å². The number of benzene rings is 1. The second-order valence-corrected chi connectivity index (χ2v) is 9.48. The van der Waals surface area contributed by atoms with E-state index in [4.69, 9.17) is 0 Å². The third-order valence-electron chi connectivity index (χ3n) is 3.44. The van der Waals surface area contributed by atoms with Crippen LogP contribution < -0.4 is 0 Å². The monoisotopic (exact) mass is 339 g/mol. The maximum atomic E-state index is 12.4. The van der Waals surface area contributed by atoms with E-state index in [9.17, 15) is 8.42 Å². The normalized spacial score (nSPS) is 16.4. The number of nitrogens with zero attached hydrogens (tertiary/aromatic N) is 1. The standard InChI is InChI=1S/C15H17NO2S3/c17-21(18,16-10-4-5-11-16)15-9-8-14(20-15)19-12-13-6-2-1-3-7-13/h1-3,6-9H,4-5,10-12H2. The fraction of sp³-hybridized carbons (Fsp3) is 0.333. The molecule has 1 fully saturated rings. The average Bonchev–Trinajstić information content (AvgIpc) is 3.18. The Morgan fingerprint density at radius 3 is 2.48 bits per heavy atom. The van der Waals surface area contributed by atoms with Crippen LogP contribution in [0.4, 0.5) is 0 Å². The van der Waals surface area contributed by atoms with E-state index in [1.165, 1.54) is 16.9 Å². The maximum absolute atomic E-state index is 12.4. The third-order valence-corrected chi connectivity index (χ3v) is 8.19. The smallest absolute Gasteiger partial charge is 0.206 e. The van der Waals surface area contributed by atoms with Crippen molar-refractivity contribution in [2.75, 3.05) is 13.1 Å². The van der Waals surface area contributed by atoms with E-state index < -0.39 is 10.0 Å². The summed E-state index contributed by atoms with van der Waals surface area (Å²) in [6, 6.07) is 13.9. The molecule has 1 aliphatic heterocycles. The van der Waals surface area contributed by atoms with Crippen molar-refractivity contribution in [3.8, 4) is 0 Å². The van der Waals surface area contributed by atoms with Gasteiger partial charge < -0.3 is 0 Å². The Hall–Kier alpha value is -0.820. The van der Waals surface area contributed by atoms with Crippen LogP contribution in [0.25, 0.3) is 0 Å². The predicted molar refractivity (Wildman–Crippen MR) is 88.3 cm³/mol. The minimum absolute atomic E-state index is 0.472. The highest BCUT2D eigenvalue weighted by Crippen LogP contribution is 2.34. The van der Waals surface area contributed by atoms with E-state index >= 15 is 0 Å². The summed E-state index contributed by atoms with van der Waals surface area (Å²) >= 11 is 3.07. The average molecular weight is 340 g/mol. The first-order chi connectivity index (χ1) is 10.2. The zero-order valence-corrected chi connectivity index (χ0v) is 14.0. The Labute approximate surface area is 134 Å². The van der Waals surface area contributed by atoms with Crippen molar-refractivity contribution in [1.82, 2.24) is 4.31 Å². The molecule has 0 amide bonds. The molecule has 0 spiro atoms. The lowest BCUT2D eigenvalue weighted by molar-refractivity contribution is 0.479. The Morgan fingerprint density at radius 2 is 1.76 bits per heavy atom. The molecule has 2 heterocycles. The van der Waals surface area contributed by atoms with Crippen molar-refractivity contribution in [3.05, 3.63) is 48.0 Å². The van der Waals surface area contributed by atoms with Crippen LogP contribution in [-0.2, 0) is 15.8 Å². The van der Waals surface area contributed by atoms with Crippen molar-refractivity contribution in [2.24, 2.45) is 0 Å². The van der Waals surface area contributed by atoms with Crippen LogP contribution in [0.1, 0.15) is 18.4 Å². The van der Waals surface area contributed by atoms with E-state index in [-0.39, 0.29) is 0 Å². The second kappa shape index (κ2) is 6.52. The number of rotatable bonds is 5. The van der Waals surface area contributed by atoms with E-state index in [1.54, 1.807) is 22.1 Å². The fourth-order valence-electron chi connectivity index (χ4n) is 2.30. The molecular weight excluding hydrogens is 322 g/mol. The summed E-state index contributed by atoms with van der Waals surface area (Å²) in [7, 11) is -3.26. The van der Waals surface area contributed by atoms with Gasteiger partial charge in [-0.25, -0.2) is 8.42 Å². The SMILES string of the molecule is O=S(=O)(c1ccc(SCc2ccccc2)s1)N1CCCC1. The minimum atomic E-state index is -3.26. The van der Waals surface area contributed by atoms with Gasteiger partial charge in [0, 0.05) is 18.8 Å². The van der Waals surface area contributed by atoms with Crippen molar-refractivity contribution >= 4 is 33.1 Å². The van der Waals surface area contributed by atoms with Gasteiger partial charge in [0.05, 0.1) is 4.21 Å². The molecular formula is C15H17NO2S3. The van der Waals surface area contributed by atoms with Gasteiger partial charge in [0.15, 0.2) is 0 Å². The first kappa shape index (κ1) is 15.1. The van der Waals surface area contributed by atoms with E-state index in [0.29, 0.717) is 17.3 Å². The van der Waals surface area contributed by atoms with Crippen LogP contribution in [0.15, 0.2) is 50.9 Å². The summed E-state index contributed by atoms with van der Waals surface area (Å²) in [6.45, 7) is 1.32. The first-order valence-electron chi connectivity index (χ1n) is 6.93. The van der Waals surface area contributed by atoms with Gasteiger partial charge >= 0.3 is 0 Å². The third kappa shape index (κ3) is 3.51. The molecule has 0 aliphatic carbocycles. The Bertz CT molecular complexity index is 689. The van der Waals surface area contributed by atoms with Gasteiger partial charge in [-0.05, 0) is 30.5 Å². The summed E-state index contributed by atoms with van der Waals surface area (Å²) < 4.78 is 28.0. The molecule has 0 radical (unpaired) electrons. The van der Waals surface area contributed by atoms with Gasteiger partial charge in [-0.1, -0.05) is 30.3 Å². The molecule has 1 aliphatic rings. The van der Waals surface area contributed by atoms with E-state index in [1.807, 2.05) is 24.3 Å². The Balaban J connectivity index is 1.68. The molecule has 112 valence electrons. The van der Waals surface area contributed by atoms with Gasteiger partial charge in [0.25, 0.3) is 10.0 Å². The van der Waals surface area contributed by atoms with Crippen molar-refractivity contribution in [2.45, 2.75) is 27.0 Å². The minimum Gasteiger partial charge on any atom is -0.206 e. The summed E-state index contributed by atoms with van der Waals surface area (Å²) in [6.07, 6.45) is 1.94. The Morgan fingerprint density at radius 1 is 1.05 bits per heavy atom. The van der Waals surface area contributed by atoms with Crippen LogP contribution in [0, 0.1) is 0 Å². The van der Waals surface area contributed by atoms with Crippen LogP contribution in [0.2, 0.25) is 0 Å². The highest BCUT2D eigenvalue weighted by atomic mass is 32.3. The zero-order valence-electron chi connectivity index (χ0n) is 11.6. The molecule has 1 aromatic heterocycles. The summed E-state index contributed by atoms with van der Waals surface area (Å²) in [5, 5.41) is 0. The number of thioether (sulfide) groups is 1. The highest BCUT2D eigenvalue weighted by molar-refractivity contribution is 8.00. The summed E-state index contributed by atoms with van der Waals surface area (Å²) in [4.78, 5) is 0. The van der Waals surface area contributed by atoms with Gasteiger partial charge in [-0.15, -0.1) is 23.1 Å². The molecule has 0 N–H and O–H groups in total. The van der Waals surface area contributed by atoms with Crippen LogP contribution in [0.5, 0.6) is 0 Å². The summed E-state index contributed by atoms with van der Waals surface area (Å²) in [5.41, 5.74) is 1.25. The largest absolute Gasteiger partial charge is 0.252 e. The highest BCUT2D eigenvalue weighted by Gasteiger charge is 2.28. The fourth-order valence-corrected chi connectivity index (χ4v) is 6.52. The number of hydrogen-bond acceptors (Lipinski definition) is 4. The molecule has 3 rings (SSSR count). The molecule has 0 saturated carbocycles. The topological polar surface area (TPSA) is 37.4 Å². The molecule has 0 unspecified atom stereocenters. The molecule has 3 nitrogen and oxygen atoms in total. The van der Waals surface area contributed by atoms with Gasteiger partial charge in [-0.3, -0.25) is 0 Å². The number of hydrogen-bond donors (Lipinski definition) is 0. The second-order valence-electron chi connectivity index (χ2n) is 4.96. The lowest BCUT2D eigenvalue weighted by atomic mass is 10.2. The van der Waals surface area contributed by atoms with Gasteiger partial charge in [0.2, 0.25) is 0 Å². The first-order valence-corrected chi connectivity index (χ1v) is 10.2.